The third-order valence-corrected chi connectivity index (χ3v) is 5.41. The van der Waals surface area contributed by atoms with E-state index in [-0.39, 0.29) is 24.8 Å². The van der Waals surface area contributed by atoms with Gasteiger partial charge in [0.05, 0.1) is 12.1 Å². The number of cyclic esters (lactones) is 1. The predicted octanol–water partition coefficient (Wildman–Crippen LogP) is 4.32. The molecule has 0 aliphatic carbocycles. The van der Waals surface area contributed by atoms with Crippen molar-refractivity contribution in [1.82, 2.24) is 15.1 Å². The summed E-state index contributed by atoms with van der Waals surface area (Å²) < 4.78 is 16.0. The van der Waals surface area contributed by atoms with Crippen LogP contribution in [0, 0.1) is 0 Å². The van der Waals surface area contributed by atoms with Crippen molar-refractivity contribution < 1.29 is 18.8 Å². The minimum atomic E-state index is -0.462. The lowest BCUT2D eigenvalue weighted by atomic mass is 10.1. The number of nitrogens with zero attached hydrogens (tertiary/aromatic N) is 4. The van der Waals surface area contributed by atoms with Gasteiger partial charge in [0.1, 0.15) is 24.2 Å². The maximum atomic E-state index is 12.3. The van der Waals surface area contributed by atoms with Crippen molar-refractivity contribution in [3.05, 3.63) is 53.3 Å². The highest BCUT2D eigenvalue weighted by atomic mass is 35.5. The summed E-state index contributed by atoms with van der Waals surface area (Å²) in [5.74, 6) is 1.42. The van der Waals surface area contributed by atoms with E-state index in [2.05, 4.69) is 20.4 Å². The van der Waals surface area contributed by atoms with Gasteiger partial charge in [0.25, 0.3) is 0 Å². The summed E-state index contributed by atoms with van der Waals surface area (Å²) >= 11 is 5.94. The fourth-order valence-electron chi connectivity index (χ4n) is 3.27. The van der Waals surface area contributed by atoms with Crippen molar-refractivity contribution in [2.24, 2.45) is 0 Å². The summed E-state index contributed by atoms with van der Waals surface area (Å²) in [5.41, 5.74) is 1.56. The highest BCUT2D eigenvalue weighted by Crippen LogP contribution is 2.27. The average molecular weight is 444 g/mol. The van der Waals surface area contributed by atoms with E-state index >= 15 is 0 Å². The number of carbonyl (C=O) groups excluding carboxylic acids is 1. The molecule has 1 aromatic carbocycles. The van der Waals surface area contributed by atoms with Gasteiger partial charge in [-0.3, -0.25) is 4.90 Å². The summed E-state index contributed by atoms with van der Waals surface area (Å²) in [6.07, 6.45) is 0.910. The molecule has 0 radical (unpaired) electrons. The highest BCUT2D eigenvalue weighted by molar-refractivity contribution is 6.30. The maximum Gasteiger partial charge on any atom is 0.416 e. The minimum Gasteiger partial charge on any atom is -0.447 e. The molecule has 1 saturated heterocycles. The van der Waals surface area contributed by atoms with Crippen LogP contribution in [0.5, 0.6) is 0 Å². The smallest absolute Gasteiger partial charge is 0.416 e. The first kappa shape index (κ1) is 21.1. The molecule has 1 fully saturated rings. The van der Waals surface area contributed by atoms with E-state index in [1.54, 1.807) is 31.5 Å². The summed E-state index contributed by atoms with van der Waals surface area (Å²) in [4.78, 5) is 22.5. The lowest BCUT2D eigenvalue weighted by Gasteiger charge is -2.25. The zero-order chi connectivity index (χ0) is 22.0. The number of carbonyl (C=O) groups is 1. The molecule has 0 unspecified atom stereocenters. The molecule has 10 heteroatoms. The molecule has 0 bridgehead atoms. The normalized spacial score (nSPS) is 18.0. The summed E-state index contributed by atoms with van der Waals surface area (Å²) in [6.45, 7) is 4.04. The Morgan fingerprint density at radius 2 is 2.03 bits per heavy atom. The number of ether oxygens (including phenoxy) is 2. The third-order valence-electron chi connectivity index (χ3n) is 5.15. The second-order valence-electron chi connectivity index (χ2n) is 7.18. The van der Waals surface area contributed by atoms with Gasteiger partial charge >= 0.3 is 6.09 Å². The molecular weight excluding hydrogens is 422 g/mol. The molecule has 1 aliphatic heterocycles. The van der Waals surface area contributed by atoms with Crippen LogP contribution in [-0.2, 0) is 9.47 Å². The van der Waals surface area contributed by atoms with Gasteiger partial charge in [0.15, 0.2) is 5.76 Å². The van der Waals surface area contributed by atoms with Gasteiger partial charge in [-0.25, -0.2) is 9.78 Å². The van der Waals surface area contributed by atoms with Crippen molar-refractivity contribution in [3.8, 4) is 11.3 Å². The Bertz CT molecular complexity index is 1060. The number of aromatic nitrogens is 3. The molecule has 2 aromatic heterocycles. The molecule has 162 valence electrons. The van der Waals surface area contributed by atoms with E-state index in [1.165, 1.54) is 4.90 Å². The van der Waals surface area contributed by atoms with Gasteiger partial charge in [-0.15, -0.1) is 0 Å². The number of hydrogen-bond acceptors (Lipinski definition) is 8. The van der Waals surface area contributed by atoms with Crippen LogP contribution in [0.3, 0.4) is 0 Å². The Kier molecular flexibility index (Phi) is 6.06. The Morgan fingerprint density at radius 1 is 1.26 bits per heavy atom. The largest absolute Gasteiger partial charge is 0.447 e. The maximum absolute atomic E-state index is 12.3. The number of hydrogen-bond donors (Lipinski definition) is 1. The number of rotatable bonds is 7. The van der Waals surface area contributed by atoms with Gasteiger partial charge in [-0.2, -0.15) is 4.98 Å². The van der Waals surface area contributed by atoms with Gasteiger partial charge in [-0.05, 0) is 44.2 Å². The lowest BCUT2D eigenvalue weighted by molar-refractivity contribution is 0.0881. The van der Waals surface area contributed by atoms with Gasteiger partial charge in [-0.1, -0.05) is 16.8 Å². The average Bonchev–Trinajstić information content (AvgIpc) is 3.41. The monoisotopic (exact) mass is 443 g/mol. The standard InChI is InChI=1S/C21H22ClN5O4/c1-12(16-10-18(31-26-16)14-4-6-15(22)7-5-14)24-20-23-9-8-19(25-20)27-17(13(2)29-3)11-30-21(27)28/h4-10,12-13,17H,11H2,1-3H3,(H,23,24,25)/t12-,13+,17+/m0/s1. The number of methoxy groups -OCH3 is 1. The summed E-state index contributed by atoms with van der Waals surface area (Å²) in [6, 6.07) is 10.3. The Morgan fingerprint density at radius 3 is 2.77 bits per heavy atom. The third kappa shape index (κ3) is 4.47. The Hall–Kier alpha value is -3.17. The number of anilines is 2. The van der Waals surface area contributed by atoms with Crippen molar-refractivity contribution in [1.29, 1.82) is 0 Å². The molecule has 9 nitrogen and oxygen atoms in total. The molecule has 0 saturated carbocycles. The molecule has 4 rings (SSSR count). The van der Waals surface area contributed by atoms with E-state index in [4.69, 9.17) is 25.6 Å². The molecule has 3 heterocycles. The molecule has 1 N–H and O–H groups in total. The van der Waals surface area contributed by atoms with E-state index in [0.717, 1.165) is 5.56 Å². The van der Waals surface area contributed by atoms with E-state index in [1.807, 2.05) is 32.0 Å². The van der Waals surface area contributed by atoms with Crippen LogP contribution in [0.2, 0.25) is 5.02 Å². The van der Waals surface area contributed by atoms with Gasteiger partial charge in [0, 0.05) is 30.0 Å². The first-order valence-corrected chi connectivity index (χ1v) is 10.1. The fraction of sp³-hybridized carbons (Fsp3) is 0.333. The van der Waals surface area contributed by atoms with Crippen molar-refractivity contribution in [2.75, 3.05) is 23.9 Å². The number of amides is 1. The van der Waals surface area contributed by atoms with Crippen molar-refractivity contribution >= 4 is 29.5 Å². The van der Waals surface area contributed by atoms with Crippen LogP contribution in [0.1, 0.15) is 25.6 Å². The Balaban J connectivity index is 1.50. The van der Waals surface area contributed by atoms with Crippen molar-refractivity contribution in [2.45, 2.75) is 32.0 Å². The molecule has 1 amide bonds. The van der Waals surface area contributed by atoms with Crippen LogP contribution in [0.4, 0.5) is 16.6 Å². The zero-order valence-electron chi connectivity index (χ0n) is 17.3. The molecule has 0 spiro atoms. The van der Waals surface area contributed by atoms with Crippen LogP contribution in [0.25, 0.3) is 11.3 Å². The fourth-order valence-corrected chi connectivity index (χ4v) is 3.39. The van der Waals surface area contributed by atoms with E-state index in [9.17, 15) is 4.79 Å². The zero-order valence-corrected chi connectivity index (χ0v) is 18.0. The first-order chi connectivity index (χ1) is 15.0. The summed E-state index contributed by atoms with van der Waals surface area (Å²) in [5, 5.41) is 7.99. The van der Waals surface area contributed by atoms with Crippen molar-refractivity contribution in [3.63, 3.8) is 0 Å². The van der Waals surface area contributed by atoms with Gasteiger partial charge < -0.3 is 19.3 Å². The van der Waals surface area contributed by atoms with E-state index in [0.29, 0.717) is 28.2 Å². The van der Waals surface area contributed by atoms with Crippen LogP contribution in [0.15, 0.2) is 47.1 Å². The molecule has 3 atom stereocenters. The molecule has 1 aliphatic rings. The van der Waals surface area contributed by atoms with Crippen LogP contribution >= 0.6 is 11.6 Å². The second kappa shape index (κ2) is 8.91. The molecule has 3 aromatic rings. The quantitative estimate of drug-likeness (QED) is 0.576. The predicted molar refractivity (Wildman–Crippen MR) is 115 cm³/mol. The number of nitrogens with one attached hydrogen (secondary N) is 1. The molecular formula is C21H22ClN5O4. The van der Waals surface area contributed by atoms with Gasteiger partial charge in [0.2, 0.25) is 5.95 Å². The highest BCUT2D eigenvalue weighted by Gasteiger charge is 2.39. The summed E-state index contributed by atoms with van der Waals surface area (Å²) in [7, 11) is 1.59. The van der Waals surface area contributed by atoms with Crippen LogP contribution < -0.4 is 10.2 Å². The topological polar surface area (TPSA) is 103 Å². The lowest BCUT2D eigenvalue weighted by Crippen LogP contribution is -2.42. The Labute approximate surface area is 184 Å². The minimum absolute atomic E-state index is 0.210. The van der Waals surface area contributed by atoms with E-state index < -0.39 is 6.09 Å². The SMILES string of the molecule is CO[C@H](C)[C@H]1COC(=O)N1c1ccnc(N[C@@H](C)c2cc(-c3ccc(Cl)cc3)on2)n1. The molecule has 31 heavy (non-hydrogen) atoms. The number of halogens is 1. The van der Waals surface area contributed by atoms with Crippen LogP contribution in [-0.4, -0.2) is 47.1 Å². The number of benzene rings is 1. The second-order valence-corrected chi connectivity index (χ2v) is 7.62. The first-order valence-electron chi connectivity index (χ1n) is 9.77.